The van der Waals surface area contributed by atoms with Gasteiger partial charge in [-0.3, -0.25) is 0 Å². The molecule has 1 unspecified atom stereocenters. The molecule has 0 bridgehead atoms. The van der Waals surface area contributed by atoms with E-state index >= 15 is 0 Å². The van der Waals surface area contributed by atoms with Crippen LogP contribution in [-0.4, -0.2) is 38.0 Å². The Kier molecular flexibility index (Phi) is 5.42. The Morgan fingerprint density at radius 3 is 2.73 bits per heavy atom. The molecule has 4 nitrogen and oxygen atoms in total. The lowest BCUT2D eigenvalue weighted by atomic mass is 10.4. The van der Waals surface area contributed by atoms with E-state index in [2.05, 4.69) is 0 Å². The molecule has 0 aromatic rings. The van der Waals surface area contributed by atoms with Crippen LogP contribution in [0.3, 0.4) is 0 Å². The topological polar surface area (TPSA) is 55.8 Å². The van der Waals surface area contributed by atoms with Gasteiger partial charge in [-0.1, -0.05) is 0 Å². The summed E-state index contributed by atoms with van der Waals surface area (Å²) in [5, 5.41) is 7.00. The molecule has 0 spiro atoms. The predicted octanol–water partition coefficient (Wildman–Crippen LogP) is -0.277. The smallest absolute Gasteiger partial charge is 0.331 e. The Morgan fingerprint density at radius 2 is 2.36 bits per heavy atom. The van der Waals surface area contributed by atoms with E-state index in [-0.39, 0.29) is 12.1 Å². The Morgan fingerprint density at radius 1 is 1.73 bits per heavy atom. The molecule has 1 rings (SSSR count). The zero-order chi connectivity index (χ0) is 8.69. The second-order valence-corrected chi connectivity index (χ2v) is 1.79. The summed E-state index contributed by atoms with van der Waals surface area (Å²) in [6.45, 7) is 0.447. The second kappa shape index (κ2) is 5.88. The number of aliphatic hydroxyl groups excluding tert-OH is 1. The summed E-state index contributed by atoms with van der Waals surface area (Å²) in [4.78, 5) is 10.4. The third-order valence-electron chi connectivity index (χ3n) is 1.05. The van der Waals surface area contributed by atoms with Crippen LogP contribution < -0.4 is 0 Å². The maximum Gasteiger partial charge on any atom is 0.331 e. The highest BCUT2D eigenvalue weighted by molar-refractivity contribution is 5.84. The molecular weight excluding hydrogens is 148 g/mol. The minimum absolute atomic E-state index is 0.164. The van der Waals surface area contributed by atoms with E-state index < -0.39 is 0 Å². The first-order valence-corrected chi connectivity index (χ1v) is 3.15. The molecule has 1 heterocycles. The fourth-order valence-electron chi connectivity index (χ4n) is 0.667. The molecule has 0 amide bonds. The van der Waals surface area contributed by atoms with Gasteiger partial charge in [0.25, 0.3) is 0 Å². The maximum absolute atomic E-state index is 10.4. The molecule has 1 aliphatic heterocycles. The normalized spacial score (nSPS) is 20.6. The van der Waals surface area contributed by atoms with Gasteiger partial charge < -0.3 is 14.6 Å². The van der Waals surface area contributed by atoms with Gasteiger partial charge >= 0.3 is 5.97 Å². The van der Waals surface area contributed by atoms with E-state index in [1.54, 1.807) is 13.2 Å². The van der Waals surface area contributed by atoms with E-state index in [1.165, 1.54) is 6.08 Å². The summed E-state index contributed by atoms with van der Waals surface area (Å²) >= 11 is 0. The number of cyclic esters (lactones) is 1. The van der Waals surface area contributed by atoms with E-state index in [9.17, 15) is 4.79 Å². The Bertz CT molecular complexity index is 141. The number of carbonyl (C=O) groups excluding carboxylic acids is 1. The van der Waals surface area contributed by atoms with Crippen LogP contribution in [0.2, 0.25) is 0 Å². The fourth-order valence-corrected chi connectivity index (χ4v) is 0.667. The van der Waals surface area contributed by atoms with Gasteiger partial charge in [0.15, 0.2) is 0 Å². The average Bonchev–Trinajstić information content (AvgIpc) is 2.41. The number of ether oxygens (including phenoxy) is 2. The molecule has 0 fully saturated rings. The summed E-state index contributed by atoms with van der Waals surface area (Å²) in [5.41, 5.74) is 0. The first-order valence-electron chi connectivity index (χ1n) is 3.15. The molecule has 4 heteroatoms. The molecule has 0 aromatic heterocycles. The first-order chi connectivity index (χ1) is 5.33. The van der Waals surface area contributed by atoms with Crippen molar-refractivity contribution in [2.45, 2.75) is 6.10 Å². The van der Waals surface area contributed by atoms with Gasteiger partial charge in [0, 0.05) is 20.3 Å². The zero-order valence-electron chi connectivity index (χ0n) is 6.61. The maximum atomic E-state index is 10.4. The van der Waals surface area contributed by atoms with Crippen molar-refractivity contribution in [3.8, 4) is 0 Å². The molecule has 64 valence electrons. The van der Waals surface area contributed by atoms with Gasteiger partial charge in [0.2, 0.25) is 0 Å². The largest absolute Gasteiger partial charge is 0.452 e. The first kappa shape index (κ1) is 10.1. The summed E-state index contributed by atoms with van der Waals surface area (Å²) in [7, 11) is 2.57. The molecule has 11 heavy (non-hydrogen) atoms. The van der Waals surface area contributed by atoms with Crippen LogP contribution in [0.4, 0.5) is 0 Å². The van der Waals surface area contributed by atoms with E-state index in [0.717, 1.165) is 7.11 Å². The van der Waals surface area contributed by atoms with Gasteiger partial charge in [-0.25, -0.2) is 4.79 Å². The number of aliphatic hydroxyl groups is 1. The third-order valence-corrected chi connectivity index (χ3v) is 1.05. The molecule has 0 aromatic carbocycles. The lowest BCUT2D eigenvalue weighted by Gasteiger charge is -2.04. The number of esters is 1. The standard InChI is InChI=1S/C6H8O3.CH4O/c1-8-4-5-2-3-6(7)9-5;1-2/h2-3,5H,4H2,1H3;2H,1H3. The van der Waals surface area contributed by atoms with Crippen LogP contribution >= 0.6 is 0 Å². The van der Waals surface area contributed by atoms with Crippen molar-refractivity contribution in [2.75, 3.05) is 20.8 Å². The van der Waals surface area contributed by atoms with Crippen molar-refractivity contribution in [3.05, 3.63) is 12.2 Å². The fraction of sp³-hybridized carbons (Fsp3) is 0.571. The lowest BCUT2D eigenvalue weighted by molar-refractivity contribution is -0.140. The van der Waals surface area contributed by atoms with Crippen LogP contribution in [0, 0.1) is 0 Å². The third kappa shape index (κ3) is 3.75. The van der Waals surface area contributed by atoms with Crippen LogP contribution in [0.5, 0.6) is 0 Å². The van der Waals surface area contributed by atoms with Gasteiger partial charge in [0.05, 0.1) is 6.61 Å². The molecule has 1 aliphatic rings. The molecular formula is C7H12O4. The van der Waals surface area contributed by atoms with Crippen molar-refractivity contribution < 1.29 is 19.4 Å². The van der Waals surface area contributed by atoms with E-state index in [4.69, 9.17) is 14.6 Å². The van der Waals surface area contributed by atoms with E-state index in [1.807, 2.05) is 0 Å². The number of rotatable bonds is 2. The summed E-state index contributed by atoms with van der Waals surface area (Å²) in [5.74, 6) is -0.281. The van der Waals surface area contributed by atoms with Crippen molar-refractivity contribution in [3.63, 3.8) is 0 Å². The quantitative estimate of drug-likeness (QED) is 0.564. The zero-order valence-corrected chi connectivity index (χ0v) is 6.61. The number of methoxy groups -OCH3 is 1. The van der Waals surface area contributed by atoms with Gasteiger partial charge in [-0.2, -0.15) is 0 Å². The molecule has 0 radical (unpaired) electrons. The van der Waals surface area contributed by atoms with Gasteiger partial charge in [0.1, 0.15) is 6.10 Å². The Hall–Kier alpha value is -0.870. The van der Waals surface area contributed by atoms with Crippen LogP contribution in [0.15, 0.2) is 12.2 Å². The lowest BCUT2D eigenvalue weighted by Crippen LogP contribution is -2.13. The van der Waals surface area contributed by atoms with Crippen molar-refractivity contribution in [2.24, 2.45) is 0 Å². The van der Waals surface area contributed by atoms with Crippen molar-refractivity contribution >= 4 is 5.97 Å². The Balaban J connectivity index is 0.000000461. The monoisotopic (exact) mass is 160 g/mol. The SMILES string of the molecule is CO.COCC1C=CC(=O)O1. The minimum atomic E-state index is -0.281. The highest BCUT2D eigenvalue weighted by atomic mass is 16.6. The highest BCUT2D eigenvalue weighted by Crippen LogP contribution is 2.03. The van der Waals surface area contributed by atoms with E-state index in [0.29, 0.717) is 6.61 Å². The van der Waals surface area contributed by atoms with Crippen LogP contribution in [0.25, 0.3) is 0 Å². The second-order valence-electron chi connectivity index (χ2n) is 1.79. The molecule has 0 aliphatic carbocycles. The minimum Gasteiger partial charge on any atom is -0.452 e. The number of carbonyl (C=O) groups is 1. The van der Waals surface area contributed by atoms with Crippen molar-refractivity contribution in [1.29, 1.82) is 0 Å². The summed E-state index contributed by atoms with van der Waals surface area (Å²) in [6, 6.07) is 0. The molecule has 1 N–H and O–H groups in total. The molecule has 0 saturated heterocycles. The van der Waals surface area contributed by atoms with Crippen molar-refractivity contribution in [1.82, 2.24) is 0 Å². The number of hydrogen-bond donors (Lipinski definition) is 1. The summed E-state index contributed by atoms with van der Waals surface area (Å²) < 4.78 is 9.47. The predicted molar refractivity (Wildman–Crippen MR) is 39.0 cm³/mol. The summed E-state index contributed by atoms with van der Waals surface area (Å²) in [6.07, 6.45) is 2.93. The highest BCUT2D eigenvalue weighted by Gasteiger charge is 2.14. The Labute approximate surface area is 65.4 Å². The van der Waals surface area contributed by atoms with Crippen LogP contribution in [0.1, 0.15) is 0 Å². The van der Waals surface area contributed by atoms with Gasteiger partial charge in [-0.15, -0.1) is 0 Å². The van der Waals surface area contributed by atoms with Crippen LogP contribution in [-0.2, 0) is 14.3 Å². The molecule has 1 atom stereocenters. The number of hydrogen-bond acceptors (Lipinski definition) is 4. The van der Waals surface area contributed by atoms with Gasteiger partial charge in [-0.05, 0) is 6.08 Å². The average molecular weight is 160 g/mol. The molecule has 0 saturated carbocycles.